The van der Waals surface area contributed by atoms with Crippen LogP contribution in [-0.4, -0.2) is 12.2 Å². The van der Waals surface area contributed by atoms with E-state index in [9.17, 15) is 4.39 Å². The molecule has 1 rings (SSSR count). The second-order valence-electron chi connectivity index (χ2n) is 3.33. The Kier molecular flexibility index (Phi) is 1.75. The zero-order chi connectivity index (χ0) is 6.91. The number of rotatable bonds is 3. The molecule has 0 aromatic carbocycles. The van der Waals surface area contributed by atoms with E-state index < -0.39 is 0 Å². The predicted molar refractivity (Wildman–Crippen MR) is 35.9 cm³/mol. The highest BCUT2D eigenvalue weighted by atomic mass is 19.1. The van der Waals surface area contributed by atoms with E-state index in [0.29, 0.717) is 0 Å². The van der Waals surface area contributed by atoms with Gasteiger partial charge >= 0.3 is 0 Å². The van der Waals surface area contributed by atoms with Crippen molar-refractivity contribution in [1.82, 2.24) is 0 Å². The molecule has 0 spiro atoms. The van der Waals surface area contributed by atoms with E-state index in [1.807, 2.05) is 6.92 Å². The lowest BCUT2D eigenvalue weighted by atomic mass is 10.0. The molecule has 2 heteroatoms. The quantitative estimate of drug-likeness (QED) is 0.616. The lowest BCUT2D eigenvalue weighted by Gasteiger charge is -2.11. The van der Waals surface area contributed by atoms with Crippen LogP contribution in [0.25, 0.3) is 0 Å². The summed E-state index contributed by atoms with van der Waals surface area (Å²) >= 11 is 0. The van der Waals surface area contributed by atoms with Crippen LogP contribution in [-0.2, 0) is 0 Å². The maximum absolute atomic E-state index is 11.9. The van der Waals surface area contributed by atoms with E-state index in [2.05, 4.69) is 0 Å². The Morgan fingerprint density at radius 3 is 2.56 bits per heavy atom. The van der Waals surface area contributed by atoms with Crippen molar-refractivity contribution in [3.05, 3.63) is 0 Å². The Morgan fingerprint density at radius 1 is 1.67 bits per heavy atom. The average Bonchev–Trinajstić information content (AvgIpc) is 2.48. The molecule has 0 bridgehead atoms. The molecule has 2 N–H and O–H groups in total. The number of halogens is 1. The van der Waals surface area contributed by atoms with Gasteiger partial charge < -0.3 is 5.73 Å². The third kappa shape index (κ3) is 1.94. The van der Waals surface area contributed by atoms with E-state index in [1.54, 1.807) is 0 Å². The summed E-state index contributed by atoms with van der Waals surface area (Å²) in [6.07, 6.45) is 3.05. The van der Waals surface area contributed by atoms with Crippen molar-refractivity contribution in [2.24, 2.45) is 11.7 Å². The highest BCUT2D eigenvalue weighted by Crippen LogP contribution is 2.37. The molecule has 0 amide bonds. The van der Waals surface area contributed by atoms with Crippen LogP contribution in [0.1, 0.15) is 26.2 Å². The summed E-state index contributed by atoms with van der Waals surface area (Å²) in [7, 11) is 0. The van der Waals surface area contributed by atoms with E-state index in [-0.39, 0.29) is 18.1 Å². The van der Waals surface area contributed by atoms with Crippen LogP contribution >= 0.6 is 0 Å². The largest absolute Gasteiger partial charge is 0.325 e. The Morgan fingerprint density at radius 2 is 2.22 bits per heavy atom. The Hall–Kier alpha value is -0.110. The summed E-state index contributed by atoms with van der Waals surface area (Å²) in [6.45, 7) is 1.69. The van der Waals surface area contributed by atoms with E-state index in [1.165, 1.54) is 0 Å². The van der Waals surface area contributed by atoms with Gasteiger partial charge in [-0.15, -0.1) is 0 Å². The van der Waals surface area contributed by atoms with Gasteiger partial charge in [0.2, 0.25) is 0 Å². The smallest absolute Gasteiger partial charge is 0.0920 e. The van der Waals surface area contributed by atoms with Crippen molar-refractivity contribution in [3.63, 3.8) is 0 Å². The highest BCUT2D eigenvalue weighted by Gasteiger charge is 2.38. The van der Waals surface area contributed by atoms with Crippen molar-refractivity contribution < 1.29 is 4.39 Å². The van der Waals surface area contributed by atoms with Crippen LogP contribution in [0.2, 0.25) is 0 Å². The summed E-state index contributed by atoms with van der Waals surface area (Å²) in [5.41, 5.74) is 5.79. The molecule has 54 valence electrons. The Bertz CT molecular complexity index is 99.1. The Balaban J connectivity index is 2.17. The van der Waals surface area contributed by atoms with Crippen LogP contribution < -0.4 is 5.73 Å². The molecular formula is C7H14FN. The zero-order valence-corrected chi connectivity index (χ0v) is 5.86. The molecule has 1 aliphatic carbocycles. The number of hydrogen-bond donors (Lipinski definition) is 1. The van der Waals surface area contributed by atoms with Crippen LogP contribution in [0.4, 0.5) is 4.39 Å². The van der Waals surface area contributed by atoms with Crippen molar-refractivity contribution in [1.29, 1.82) is 0 Å². The van der Waals surface area contributed by atoms with Crippen molar-refractivity contribution >= 4 is 0 Å². The molecule has 1 atom stereocenters. The summed E-state index contributed by atoms with van der Waals surface area (Å²) in [6, 6.07) is 0. The van der Waals surface area contributed by atoms with Crippen molar-refractivity contribution in [2.45, 2.75) is 31.7 Å². The molecule has 1 aliphatic rings. The second kappa shape index (κ2) is 2.25. The second-order valence-corrected chi connectivity index (χ2v) is 3.33. The third-order valence-electron chi connectivity index (χ3n) is 1.91. The lowest BCUT2D eigenvalue weighted by Crippen LogP contribution is -2.24. The molecule has 0 radical (unpaired) electrons. The first-order valence-corrected chi connectivity index (χ1v) is 3.51. The number of hydrogen-bond acceptors (Lipinski definition) is 1. The van der Waals surface area contributed by atoms with Crippen molar-refractivity contribution in [2.75, 3.05) is 6.67 Å². The molecule has 1 unspecified atom stereocenters. The van der Waals surface area contributed by atoms with Crippen LogP contribution in [0.5, 0.6) is 0 Å². The van der Waals surface area contributed by atoms with E-state index in [0.717, 1.165) is 19.3 Å². The van der Waals surface area contributed by atoms with Gasteiger partial charge in [0, 0.05) is 5.54 Å². The minimum Gasteiger partial charge on any atom is -0.325 e. The molecule has 0 aromatic heterocycles. The van der Waals surface area contributed by atoms with Crippen LogP contribution in [0.3, 0.4) is 0 Å². The van der Waals surface area contributed by atoms with Gasteiger partial charge in [0.1, 0.15) is 0 Å². The maximum atomic E-state index is 11.9. The summed E-state index contributed by atoms with van der Waals surface area (Å²) in [5.74, 6) is 0.164. The lowest BCUT2D eigenvalue weighted by molar-refractivity contribution is 0.339. The standard InChI is InChI=1S/C7H14FN/c1-6(5-8)4-7(9)2-3-7/h6H,2-5,9H2,1H3. The minimum absolute atomic E-state index is 0.0332. The molecular weight excluding hydrogens is 117 g/mol. The minimum atomic E-state index is -0.223. The predicted octanol–water partition coefficient (Wildman–Crippen LogP) is 1.47. The van der Waals surface area contributed by atoms with Gasteiger partial charge in [-0.1, -0.05) is 6.92 Å². The molecule has 1 nitrogen and oxygen atoms in total. The molecule has 1 saturated carbocycles. The molecule has 0 aromatic rings. The van der Waals surface area contributed by atoms with Gasteiger partial charge in [0.15, 0.2) is 0 Å². The van der Waals surface area contributed by atoms with Crippen LogP contribution in [0.15, 0.2) is 0 Å². The molecule has 0 saturated heterocycles. The van der Waals surface area contributed by atoms with Crippen molar-refractivity contribution in [3.8, 4) is 0 Å². The van der Waals surface area contributed by atoms with Gasteiger partial charge in [-0.05, 0) is 25.2 Å². The average molecular weight is 131 g/mol. The SMILES string of the molecule is CC(CF)CC1(N)CC1. The van der Waals surface area contributed by atoms with E-state index in [4.69, 9.17) is 5.73 Å². The molecule has 0 heterocycles. The third-order valence-corrected chi connectivity index (χ3v) is 1.91. The normalized spacial score (nSPS) is 25.7. The zero-order valence-electron chi connectivity index (χ0n) is 5.86. The van der Waals surface area contributed by atoms with Gasteiger partial charge in [-0.3, -0.25) is 4.39 Å². The number of nitrogens with two attached hydrogens (primary N) is 1. The first-order chi connectivity index (χ1) is 4.16. The van der Waals surface area contributed by atoms with Gasteiger partial charge in [0.25, 0.3) is 0 Å². The van der Waals surface area contributed by atoms with Crippen LogP contribution in [0, 0.1) is 5.92 Å². The monoisotopic (exact) mass is 131 g/mol. The molecule has 1 fully saturated rings. The van der Waals surface area contributed by atoms with Gasteiger partial charge in [-0.2, -0.15) is 0 Å². The summed E-state index contributed by atoms with van der Waals surface area (Å²) in [4.78, 5) is 0. The Labute approximate surface area is 55.4 Å². The highest BCUT2D eigenvalue weighted by molar-refractivity contribution is 4.99. The van der Waals surface area contributed by atoms with E-state index >= 15 is 0 Å². The first kappa shape index (κ1) is 7.00. The molecule has 0 aliphatic heterocycles. The summed E-state index contributed by atoms with van der Waals surface area (Å²) < 4.78 is 11.9. The van der Waals surface area contributed by atoms with Gasteiger partial charge in [-0.25, -0.2) is 0 Å². The number of alkyl halides is 1. The fourth-order valence-corrected chi connectivity index (χ4v) is 1.11. The first-order valence-electron chi connectivity index (χ1n) is 3.51. The fourth-order valence-electron chi connectivity index (χ4n) is 1.11. The molecule has 9 heavy (non-hydrogen) atoms. The fraction of sp³-hybridized carbons (Fsp3) is 1.00. The summed E-state index contributed by atoms with van der Waals surface area (Å²) in [5, 5.41) is 0. The topological polar surface area (TPSA) is 26.0 Å². The van der Waals surface area contributed by atoms with Gasteiger partial charge in [0.05, 0.1) is 6.67 Å². The maximum Gasteiger partial charge on any atom is 0.0920 e.